The molecule has 3 aromatic rings. The molecule has 0 unspecified atom stereocenters. The quantitative estimate of drug-likeness (QED) is 0.502. The Labute approximate surface area is 224 Å². The maximum absolute atomic E-state index is 12.7. The Morgan fingerprint density at radius 3 is 2.79 bits per heavy atom. The van der Waals surface area contributed by atoms with Crippen LogP contribution in [0.15, 0.2) is 47.8 Å². The maximum Gasteiger partial charge on any atom is 0.251 e. The number of carbonyl (C=O) groups excluding carboxylic acids is 2. The first kappa shape index (κ1) is 24.6. The van der Waals surface area contributed by atoms with Crippen LogP contribution in [0.2, 0.25) is 0 Å². The van der Waals surface area contributed by atoms with Crippen LogP contribution in [0, 0.1) is 11.3 Å². The van der Waals surface area contributed by atoms with Gasteiger partial charge in [-0.2, -0.15) is 5.26 Å². The number of anilines is 2. The molecule has 4 heterocycles. The van der Waals surface area contributed by atoms with E-state index in [1.54, 1.807) is 25.1 Å². The van der Waals surface area contributed by atoms with Crippen LogP contribution in [0.4, 0.5) is 10.8 Å². The van der Waals surface area contributed by atoms with Crippen molar-refractivity contribution in [3.05, 3.63) is 64.5 Å². The number of aromatic nitrogens is 1. The van der Waals surface area contributed by atoms with Crippen LogP contribution in [0.3, 0.4) is 0 Å². The molecule has 1 spiro atoms. The van der Waals surface area contributed by atoms with Gasteiger partial charge < -0.3 is 25.0 Å². The second-order valence-electron chi connectivity index (χ2n) is 10.2. The molecule has 1 atom stereocenters. The number of nitrogens with one attached hydrogen (secondary N) is 2. The van der Waals surface area contributed by atoms with Gasteiger partial charge in [0.1, 0.15) is 5.41 Å². The standard InChI is InChI=1S/C28H27N5O4S/c1-27(14-29)15-36-12-20-6-5-19(10-22(20)27)25(35)30-11-24(34)32-26-31-23(13-38-26)18-3-2-4-21(9-18)33-8-7-28(33)16-37-17-28/h2-6,9-10,13H,7-8,11-12,15-17H2,1H3,(H,30,35)(H,31,32,34)/t27-/m1/s1. The number of thiazole rings is 1. The average Bonchev–Trinajstić information content (AvgIpc) is 3.34. The summed E-state index contributed by atoms with van der Waals surface area (Å²) in [6.45, 7) is 4.86. The first-order valence-corrected chi connectivity index (χ1v) is 13.4. The Hall–Kier alpha value is -3.78. The van der Waals surface area contributed by atoms with Crippen LogP contribution in [-0.2, 0) is 26.3 Å². The predicted molar refractivity (Wildman–Crippen MR) is 143 cm³/mol. The summed E-state index contributed by atoms with van der Waals surface area (Å²) in [7, 11) is 0. The monoisotopic (exact) mass is 529 g/mol. The largest absolute Gasteiger partial charge is 0.376 e. The predicted octanol–water partition coefficient (Wildman–Crippen LogP) is 3.47. The molecule has 0 aliphatic carbocycles. The van der Waals surface area contributed by atoms with Crippen LogP contribution in [-0.4, -0.2) is 55.2 Å². The first-order valence-electron chi connectivity index (χ1n) is 12.5. The van der Waals surface area contributed by atoms with E-state index < -0.39 is 5.41 Å². The molecule has 10 heteroatoms. The second kappa shape index (κ2) is 9.51. The van der Waals surface area contributed by atoms with Gasteiger partial charge in [0.05, 0.1) is 50.3 Å². The fourth-order valence-electron chi connectivity index (χ4n) is 5.20. The third kappa shape index (κ3) is 4.32. The van der Waals surface area contributed by atoms with Gasteiger partial charge in [0.15, 0.2) is 5.13 Å². The van der Waals surface area contributed by atoms with E-state index in [9.17, 15) is 14.9 Å². The summed E-state index contributed by atoms with van der Waals surface area (Å²) < 4.78 is 11.0. The molecule has 6 rings (SSSR count). The van der Waals surface area contributed by atoms with Gasteiger partial charge in [-0.05, 0) is 48.7 Å². The molecule has 3 aliphatic heterocycles. The number of amides is 2. The fraction of sp³-hybridized carbons (Fsp3) is 0.357. The third-order valence-electron chi connectivity index (χ3n) is 7.59. The summed E-state index contributed by atoms with van der Waals surface area (Å²) in [6.07, 6.45) is 1.15. The van der Waals surface area contributed by atoms with Gasteiger partial charge in [-0.3, -0.25) is 9.59 Å². The van der Waals surface area contributed by atoms with Crippen LogP contribution in [0.25, 0.3) is 11.3 Å². The van der Waals surface area contributed by atoms with E-state index in [0.29, 0.717) is 17.3 Å². The topological polar surface area (TPSA) is 117 Å². The second-order valence-corrected chi connectivity index (χ2v) is 11.1. The number of hydrogen-bond donors (Lipinski definition) is 2. The zero-order valence-corrected chi connectivity index (χ0v) is 21.8. The maximum atomic E-state index is 12.7. The van der Waals surface area contributed by atoms with E-state index in [4.69, 9.17) is 9.47 Å². The number of fused-ring (bicyclic) bond motifs is 1. The Balaban J connectivity index is 1.07. The molecular formula is C28H27N5O4S. The van der Waals surface area contributed by atoms with Crippen LogP contribution in [0.1, 0.15) is 34.8 Å². The van der Waals surface area contributed by atoms with Gasteiger partial charge in [0.25, 0.3) is 5.91 Å². The summed E-state index contributed by atoms with van der Waals surface area (Å²) in [5.74, 6) is -0.749. The Bertz CT molecular complexity index is 1450. The lowest BCUT2D eigenvalue weighted by molar-refractivity contribution is -0.115. The van der Waals surface area contributed by atoms with Gasteiger partial charge in [0, 0.05) is 28.7 Å². The van der Waals surface area contributed by atoms with E-state index >= 15 is 0 Å². The van der Waals surface area contributed by atoms with Crippen molar-refractivity contribution in [3.63, 3.8) is 0 Å². The molecule has 2 fully saturated rings. The van der Waals surface area contributed by atoms with Crippen molar-refractivity contribution in [2.75, 3.05) is 43.1 Å². The minimum absolute atomic E-state index is 0.160. The van der Waals surface area contributed by atoms with E-state index in [0.717, 1.165) is 54.3 Å². The lowest BCUT2D eigenvalue weighted by atomic mass is 9.79. The number of benzene rings is 2. The molecule has 3 aliphatic rings. The van der Waals surface area contributed by atoms with E-state index in [2.05, 4.69) is 38.7 Å². The minimum atomic E-state index is -0.814. The Morgan fingerprint density at radius 2 is 2.05 bits per heavy atom. The summed E-state index contributed by atoms with van der Waals surface area (Å²) in [6, 6.07) is 15.7. The normalized spacial score (nSPS) is 21.0. The van der Waals surface area contributed by atoms with Gasteiger partial charge in [-0.15, -0.1) is 11.3 Å². The van der Waals surface area contributed by atoms with Gasteiger partial charge >= 0.3 is 0 Å². The molecule has 194 valence electrons. The SMILES string of the molecule is C[C@@]1(C#N)COCc2ccc(C(=O)NCC(=O)Nc3nc(-c4cccc(N5CCC56COC6)c4)cs3)cc21. The molecule has 9 nitrogen and oxygen atoms in total. The first-order chi connectivity index (χ1) is 18.4. The number of hydrogen-bond acceptors (Lipinski definition) is 8. The van der Waals surface area contributed by atoms with Crippen molar-refractivity contribution in [2.45, 2.75) is 30.9 Å². The van der Waals surface area contributed by atoms with Gasteiger partial charge in [0.2, 0.25) is 5.91 Å². The molecule has 2 aromatic carbocycles. The molecule has 0 saturated carbocycles. The van der Waals surface area contributed by atoms with Gasteiger partial charge in [-0.25, -0.2) is 4.98 Å². The molecular weight excluding hydrogens is 502 g/mol. The lowest BCUT2D eigenvalue weighted by Gasteiger charge is -2.59. The van der Waals surface area contributed by atoms with E-state index in [-0.39, 0.29) is 30.5 Å². The van der Waals surface area contributed by atoms with Crippen LogP contribution >= 0.6 is 11.3 Å². The van der Waals surface area contributed by atoms with Crippen molar-refractivity contribution in [3.8, 4) is 17.3 Å². The highest BCUT2D eigenvalue weighted by molar-refractivity contribution is 7.14. The molecule has 0 radical (unpaired) electrons. The fourth-order valence-corrected chi connectivity index (χ4v) is 5.93. The molecule has 2 N–H and O–H groups in total. The summed E-state index contributed by atoms with van der Waals surface area (Å²) in [5.41, 5.74) is 4.34. The summed E-state index contributed by atoms with van der Waals surface area (Å²) >= 11 is 1.34. The van der Waals surface area contributed by atoms with Crippen molar-refractivity contribution >= 4 is 34.0 Å². The number of nitriles is 1. The van der Waals surface area contributed by atoms with Crippen molar-refractivity contribution in [1.82, 2.24) is 10.3 Å². The molecule has 1 aromatic heterocycles. The highest BCUT2D eigenvalue weighted by atomic mass is 32.1. The molecule has 2 amide bonds. The molecule has 2 saturated heterocycles. The number of rotatable bonds is 6. The summed E-state index contributed by atoms with van der Waals surface area (Å²) in [4.78, 5) is 32.3. The number of ether oxygens (including phenoxy) is 2. The van der Waals surface area contributed by atoms with Crippen molar-refractivity contribution < 1.29 is 19.1 Å². The Morgan fingerprint density at radius 1 is 1.18 bits per heavy atom. The highest BCUT2D eigenvalue weighted by Gasteiger charge is 2.50. The minimum Gasteiger partial charge on any atom is -0.376 e. The smallest absolute Gasteiger partial charge is 0.251 e. The lowest BCUT2D eigenvalue weighted by Crippen LogP contribution is -2.71. The van der Waals surface area contributed by atoms with Gasteiger partial charge in [-0.1, -0.05) is 18.2 Å². The number of nitrogens with zero attached hydrogens (tertiary/aromatic N) is 3. The van der Waals surface area contributed by atoms with Crippen molar-refractivity contribution in [1.29, 1.82) is 5.26 Å². The zero-order valence-electron chi connectivity index (χ0n) is 21.0. The average molecular weight is 530 g/mol. The van der Waals surface area contributed by atoms with Crippen LogP contribution in [0.5, 0.6) is 0 Å². The Kier molecular flexibility index (Phi) is 6.14. The molecule has 38 heavy (non-hydrogen) atoms. The van der Waals surface area contributed by atoms with E-state index in [1.165, 1.54) is 11.3 Å². The zero-order chi connectivity index (χ0) is 26.3. The van der Waals surface area contributed by atoms with E-state index in [1.807, 2.05) is 17.5 Å². The highest BCUT2D eigenvalue weighted by Crippen LogP contribution is 2.42. The third-order valence-corrected chi connectivity index (χ3v) is 8.35. The summed E-state index contributed by atoms with van der Waals surface area (Å²) in [5, 5.41) is 17.4. The van der Waals surface area contributed by atoms with Crippen LogP contribution < -0.4 is 15.5 Å². The number of carbonyl (C=O) groups is 2. The van der Waals surface area contributed by atoms with Crippen molar-refractivity contribution in [2.24, 2.45) is 0 Å². The molecule has 0 bridgehead atoms.